The van der Waals surface area contributed by atoms with Crippen LogP contribution in [0, 0.1) is 11.6 Å². The maximum Gasteiger partial charge on any atom is 0.573 e. The van der Waals surface area contributed by atoms with Crippen LogP contribution in [0.4, 0.5) is 22.0 Å². The first-order valence-electron chi connectivity index (χ1n) is 6.47. The van der Waals surface area contributed by atoms with Crippen molar-refractivity contribution >= 4 is 0 Å². The fourth-order valence-corrected chi connectivity index (χ4v) is 1.90. The van der Waals surface area contributed by atoms with Crippen molar-refractivity contribution < 1.29 is 31.4 Å². The maximum atomic E-state index is 13.3. The summed E-state index contributed by atoms with van der Waals surface area (Å²) in [6.45, 7) is 0.0272. The van der Waals surface area contributed by atoms with Crippen LogP contribution >= 0.6 is 0 Å². The van der Waals surface area contributed by atoms with E-state index in [2.05, 4.69) is 4.74 Å². The summed E-state index contributed by atoms with van der Waals surface area (Å²) in [5.74, 6) is -2.40. The van der Waals surface area contributed by atoms with Gasteiger partial charge in [0.1, 0.15) is 18.2 Å². The molecule has 0 unspecified atom stereocenters. The largest absolute Gasteiger partial charge is 0.573 e. The van der Waals surface area contributed by atoms with Gasteiger partial charge in [-0.05, 0) is 35.4 Å². The molecule has 0 heterocycles. The highest BCUT2D eigenvalue weighted by atomic mass is 19.4. The van der Waals surface area contributed by atoms with Gasteiger partial charge in [-0.2, -0.15) is 0 Å². The summed E-state index contributed by atoms with van der Waals surface area (Å²) in [6, 6.07) is 6.24. The number of hydrogen-bond donors (Lipinski definition) is 1. The van der Waals surface area contributed by atoms with E-state index in [0.717, 1.165) is 18.2 Å². The minimum absolute atomic E-state index is 0.0464. The van der Waals surface area contributed by atoms with Gasteiger partial charge in [0.2, 0.25) is 0 Å². The van der Waals surface area contributed by atoms with Crippen molar-refractivity contribution in [2.24, 2.45) is 5.73 Å². The number of nitrogens with two attached hydrogens (primary N) is 1. The van der Waals surface area contributed by atoms with Crippen molar-refractivity contribution in [3.63, 3.8) is 0 Å². The fraction of sp³-hybridized carbons (Fsp3) is 0.200. The highest BCUT2D eigenvalue weighted by Gasteiger charge is 2.32. The van der Waals surface area contributed by atoms with E-state index in [1.54, 1.807) is 0 Å². The van der Waals surface area contributed by atoms with Gasteiger partial charge in [0.25, 0.3) is 0 Å². The molecule has 0 aliphatic rings. The predicted octanol–water partition coefficient (Wildman–Crippen LogP) is 3.87. The van der Waals surface area contributed by atoms with E-state index in [1.165, 1.54) is 12.1 Å². The zero-order valence-corrected chi connectivity index (χ0v) is 11.7. The molecule has 0 radical (unpaired) electrons. The van der Waals surface area contributed by atoms with Crippen LogP contribution < -0.4 is 15.2 Å². The van der Waals surface area contributed by atoms with E-state index in [0.29, 0.717) is 6.07 Å². The predicted molar refractivity (Wildman–Crippen MR) is 73.0 cm³/mol. The third-order valence-corrected chi connectivity index (χ3v) is 2.74. The third kappa shape index (κ3) is 4.82. The average molecular weight is 333 g/mol. The Bertz CT molecular complexity index is 668. The lowest BCUT2D eigenvalue weighted by Gasteiger charge is -2.15. The van der Waals surface area contributed by atoms with E-state index in [4.69, 9.17) is 10.5 Å². The molecule has 0 saturated heterocycles. The van der Waals surface area contributed by atoms with Crippen LogP contribution in [0.15, 0.2) is 36.4 Å². The Labute approximate surface area is 128 Å². The summed E-state index contributed by atoms with van der Waals surface area (Å²) in [7, 11) is 0. The first-order chi connectivity index (χ1) is 10.8. The molecular formula is C15H12F5NO2. The molecule has 0 bridgehead atoms. The highest BCUT2D eigenvalue weighted by Crippen LogP contribution is 2.36. The van der Waals surface area contributed by atoms with Crippen LogP contribution in [0.3, 0.4) is 0 Å². The number of benzene rings is 2. The Kier molecular flexibility index (Phi) is 5.05. The SMILES string of the molecule is NCCOc1cc(-c2cc(F)cc(F)c2)ccc1OC(F)(F)F. The fourth-order valence-electron chi connectivity index (χ4n) is 1.90. The lowest BCUT2D eigenvalue weighted by molar-refractivity contribution is -0.275. The van der Waals surface area contributed by atoms with Crippen molar-refractivity contribution in [1.29, 1.82) is 0 Å². The Morgan fingerprint density at radius 1 is 0.870 bits per heavy atom. The van der Waals surface area contributed by atoms with Crippen molar-refractivity contribution in [1.82, 2.24) is 0 Å². The first-order valence-corrected chi connectivity index (χ1v) is 6.47. The zero-order chi connectivity index (χ0) is 17.0. The molecule has 0 saturated carbocycles. The summed E-state index contributed by atoms with van der Waals surface area (Å²) in [5.41, 5.74) is 5.68. The lowest BCUT2D eigenvalue weighted by atomic mass is 10.0. The molecule has 124 valence electrons. The molecule has 0 amide bonds. The molecule has 0 aliphatic heterocycles. The summed E-state index contributed by atoms with van der Waals surface area (Å²) in [4.78, 5) is 0. The molecule has 3 nitrogen and oxygen atoms in total. The van der Waals surface area contributed by atoms with Gasteiger partial charge in [-0.3, -0.25) is 0 Å². The molecule has 0 aliphatic carbocycles. The van der Waals surface area contributed by atoms with Crippen molar-refractivity contribution in [2.75, 3.05) is 13.2 Å². The average Bonchev–Trinajstić information content (AvgIpc) is 2.43. The van der Waals surface area contributed by atoms with Crippen molar-refractivity contribution in [3.05, 3.63) is 48.0 Å². The molecule has 0 atom stereocenters. The monoisotopic (exact) mass is 333 g/mol. The molecule has 2 aromatic rings. The lowest BCUT2D eigenvalue weighted by Crippen LogP contribution is -2.18. The van der Waals surface area contributed by atoms with Crippen LogP contribution in [-0.4, -0.2) is 19.5 Å². The van der Waals surface area contributed by atoms with E-state index in [-0.39, 0.29) is 30.0 Å². The number of ether oxygens (including phenoxy) is 2. The minimum Gasteiger partial charge on any atom is -0.488 e. The summed E-state index contributed by atoms with van der Waals surface area (Å²) in [6.07, 6.45) is -4.90. The molecule has 0 spiro atoms. The first kappa shape index (κ1) is 17.0. The van der Waals surface area contributed by atoms with Gasteiger partial charge in [0, 0.05) is 12.6 Å². The molecule has 8 heteroatoms. The van der Waals surface area contributed by atoms with Gasteiger partial charge in [-0.1, -0.05) is 6.07 Å². The second-order valence-corrected chi connectivity index (χ2v) is 4.50. The van der Waals surface area contributed by atoms with Gasteiger partial charge in [0.05, 0.1) is 0 Å². The van der Waals surface area contributed by atoms with E-state index < -0.39 is 23.7 Å². The summed E-state index contributed by atoms with van der Waals surface area (Å²) >= 11 is 0. The second kappa shape index (κ2) is 6.82. The van der Waals surface area contributed by atoms with Crippen LogP contribution in [-0.2, 0) is 0 Å². The molecule has 2 rings (SSSR count). The van der Waals surface area contributed by atoms with E-state index in [1.807, 2.05) is 0 Å². The van der Waals surface area contributed by atoms with Gasteiger partial charge in [-0.15, -0.1) is 13.2 Å². The van der Waals surface area contributed by atoms with Crippen molar-refractivity contribution in [2.45, 2.75) is 6.36 Å². The van der Waals surface area contributed by atoms with Crippen LogP contribution in [0.2, 0.25) is 0 Å². The van der Waals surface area contributed by atoms with Gasteiger partial charge >= 0.3 is 6.36 Å². The Morgan fingerprint density at radius 3 is 2.09 bits per heavy atom. The van der Waals surface area contributed by atoms with Crippen LogP contribution in [0.25, 0.3) is 11.1 Å². The zero-order valence-electron chi connectivity index (χ0n) is 11.7. The standard InChI is InChI=1S/C15H12F5NO2/c16-11-5-10(6-12(17)8-11)9-1-2-13(23-15(18,19)20)14(7-9)22-4-3-21/h1-2,5-8H,3-4,21H2. The maximum absolute atomic E-state index is 13.3. The highest BCUT2D eigenvalue weighted by molar-refractivity contribution is 5.67. The molecule has 0 aromatic heterocycles. The smallest absolute Gasteiger partial charge is 0.488 e. The van der Waals surface area contributed by atoms with Crippen molar-refractivity contribution in [3.8, 4) is 22.6 Å². The number of halogens is 5. The van der Waals surface area contributed by atoms with Crippen LogP contribution in [0.1, 0.15) is 0 Å². The quantitative estimate of drug-likeness (QED) is 0.845. The van der Waals surface area contributed by atoms with Crippen LogP contribution in [0.5, 0.6) is 11.5 Å². The third-order valence-electron chi connectivity index (χ3n) is 2.74. The Hall–Kier alpha value is -2.35. The van der Waals surface area contributed by atoms with Gasteiger partial charge < -0.3 is 15.2 Å². The molecular weight excluding hydrogens is 321 g/mol. The summed E-state index contributed by atoms with van der Waals surface area (Å²) < 4.78 is 72.6. The molecule has 23 heavy (non-hydrogen) atoms. The topological polar surface area (TPSA) is 44.5 Å². The minimum atomic E-state index is -4.90. The second-order valence-electron chi connectivity index (χ2n) is 4.50. The van der Waals surface area contributed by atoms with E-state index in [9.17, 15) is 22.0 Å². The van der Waals surface area contributed by atoms with Gasteiger partial charge in [-0.25, -0.2) is 8.78 Å². The Balaban J connectivity index is 2.42. The molecule has 0 fully saturated rings. The van der Waals surface area contributed by atoms with E-state index >= 15 is 0 Å². The Morgan fingerprint density at radius 2 is 1.52 bits per heavy atom. The normalized spacial score (nSPS) is 11.4. The summed E-state index contributed by atoms with van der Waals surface area (Å²) in [5, 5.41) is 0. The number of alkyl halides is 3. The number of rotatable bonds is 5. The van der Waals surface area contributed by atoms with Gasteiger partial charge in [0.15, 0.2) is 11.5 Å². The molecule has 2 aromatic carbocycles. The number of hydrogen-bond acceptors (Lipinski definition) is 3. The molecule has 2 N–H and O–H groups in total.